The zero-order chi connectivity index (χ0) is 20.6. The minimum Gasteiger partial charge on any atom is -0.323 e. The van der Waals surface area contributed by atoms with E-state index in [-0.39, 0.29) is 17.2 Å². The van der Waals surface area contributed by atoms with E-state index >= 15 is 0 Å². The highest BCUT2D eigenvalue weighted by Crippen LogP contribution is 2.41. The molecule has 1 amide bonds. The number of carbonyl (C=O) groups is 2. The summed E-state index contributed by atoms with van der Waals surface area (Å²) in [6.07, 6.45) is 4.73. The Bertz CT molecular complexity index is 910. The molecule has 0 unspecified atom stereocenters. The normalized spacial score (nSPS) is 19.1. The van der Waals surface area contributed by atoms with Crippen LogP contribution in [0.2, 0.25) is 5.02 Å². The van der Waals surface area contributed by atoms with Crippen molar-refractivity contribution in [2.45, 2.75) is 39.7 Å². The number of ketones is 1. The van der Waals surface area contributed by atoms with Crippen LogP contribution in [0, 0.1) is 12.3 Å². The van der Waals surface area contributed by atoms with Gasteiger partial charge in [0, 0.05) is 44.3 Å². The number of hydrogen-bond acceptors (Lipinski definition) is 4. The number of hydrogen-bond donors (Lipinski definition) is 0. The minimum absolute atomic E-state index is 0.131. The molecular weight excluding hydrogens is 388 g/mol. The molecule has 2 aromatic rings. The van der Waals surface area contributed by atoms with Crippen molar-refractivity contribution in [2.75, 3.05) is 26.2 Å². The van der Waals surface area contributed by atoms with Gasteiger partial charge in [0.05, 0.1) is 0 Å². The molecule has 6 nitrogen and oxygen atoms in total. The molecule has 4 rings (SSSR count). The number of amides is 1. The Hall–Kier alpha value is -2.18. The van der Waals surface area contributed by atoms with Crippen molar-refractivity contribution in [2.24, 2.45) is 5.41 Å². The van der Waals surface area contributed by atoms with Gasteiger partial charge in [-0.25, -0.2) is 4.79 Å². The molecule has 2 saturated heterocycles. The molecule has 3 heterocycles. The van der Waals surface area contributed by atoms with Gasteiger partial charge in [0.2, 0.25) is 0 Å². The van der Waals surface area contributed by atoms with Crippen LogP contribution in [-0.2, 0) is 6.54 Å². The molecule has 0 N–H and O–H groups in total. The Morgan fingerprint density at radius 1 is 1.14 bits per heavy atom. The molecule has 1 spiro atoms. The Kier molecular flexibility index (Phi) is 5.49. The highest BCUT2D eigenvalue weighted by atomic mass is 35.5. The topological polar surface area (TPSA) is 58.4 Å². The van der Waals surface area contributed by atoms with E-state index in [9.17, 15) is 9.59 Å². The second-order valence-corrected chi connectivity index (χ2v) is 8.87. The summed E-state index contributed by atoms with van der Waals surface area (Å²) < 4.78 is 1.29. The van der Waals surface area contributed by atoms with Crippen LogP contribution in [0.4, 0.5) is 4.79 Å². The van der Waals surface area contributed by atoms with E-state index in [0.717, 1.165) is 57.0 Å². The minimum atomic E-state index is -0.145. The third-order valence-corrected chi connectivity index (χ3v) is 6.85. The molecule has 2 aliphatic rings. The van der Waals surface area contributed by atoms with Gasteiger partial charge in [0.15, 0.2) is 5.78 Å². The molecule has 0 aliphatic carbocycles. The lowest BCUT2D eigenvalue weighted by Gasteiger charge is -2.39. The summed E-state index contributed by atoms with van der Waals surface area (Å²) in [5.74, 6) is -0.131. The van der Waals surface area contributed by atoms with Gasteiger partial charge >= 0.3 is 6.03 Å². The van der Waals surface area contributed by atoms with E-state index < -0.39 is 0 Å². The molecule has 2 fully saturated rings. The summed E-state index contributed by atoms with van der Waals surface area (Å²) in [7, 11) is 0. The average molecular weight is 415 g/mol. The molecule has 0 bridgehead atoms. The monoisotopic (exact) mass is 414 g/mol. The van der Waals surface area contributed by atoms with Crippen molar-refractivity contribution in [3.63, 3.8) is 0 Å². The molecule has 29 heavy (non-hydrogen) atoms. The van der Waals surface area contributed by atoms with Crippen LogP contribution in [0.3, 0.4) is 0 Å². The summed E-state index contributed by atoms with van der Waals surface area (Å²) in [6, 6.07) is 7.53. The number of halogens is 1. The molecule has 7 heteroatoms. The van der Waals surface area contributed by atoms with Gasteiger partial charge in [-0.3, -0.25) is 9.69 Å². The smallest absolute Gasteiger partial charge is 0.323 e. The van der Waals surface area contributed by atoms with E-state index in [1.807, 2.05) is 17.0 Å². The summed E-state index contributed by atoms with van der Waals surface area (Å²) in [6.45, 7) is 8.04. The second-order valence-electron chi connectivity index (χ2n) is 8.47. The molecule has 0 saturated carbocycles. The van der Waals surface area contributed by atoms with Crippen molar-refractivity contribution >= 4 is 23.4 Å². The fourth-order valence-electron chi connectivity index (χ4n) is 4.60. The van der Waals surface area contributed by atoms with Crippen LogP contribution >= 0.6 is 11.6 Å². The molecule has 154 valence electrons. The fraction of sp³-hybridized carbons (Fsp3) is 0.500. The predicted octanol–water partition coefficient (Wildman–Crippen LogP) is 4.00. The predicted molar refractivity (Wildman–Crippen MR) is 112 cm³/mol. The van der Waals surface area contributed by atoms with E-state index in [0.29, 0.717) is 5.69 Å². The zero-order valence-corrected chi connectivity index (χ0v) is 17.8. The standard InChI is InChI=1S/C22H27ClN4O2/c1-16-4-3-5-19(23)18(16)14-25-11-7-22(15-25)8-12-26(13-9-22)21(29)27-10-6-20(24-27)17(2)28/h3-6,10H,7-9,11-15H2,1-2H3. The van der Waals surface area contributed by atoms with Crippen LogP contribution < -0.4 is 0 Å². The van der Waals surface area contributed by atoms with Crippen molar-refractivity contribution in [1.82, 2.24) is 19.6 Å². The summed E-state index contributed by atoms with van der Waals surface area (Å²) >= 11 is 6.42. The first kappa shape index (κ1) is 20.1. The van der Waals surface area contributed by atoms with Crippen LogP contribution in [-0.4, -0.2) is 57.6 Å². The highest BCUT2D eigenvalue weighted by Gasteiger charge is 2.41. The Morgan fingerprint density at radius 3 is 2.52 bits per heavy atom. The largest absolute Gasteiger partial charge is 0.344 e. The van der Waals surface area contributed by atoms with Gasteiger partial charge < -0.3 is 4.90 Å². The average Bonchev–Trinajstić information content (AvgIpc) is 3.33. The van der Waals surface area contributed by atoms with E-state index in [4.69, 9.17) is 11.6 Å². The van der Waals surface area contributed by atoms with Crippen LogP contribution in [0.5, 0.6) is 0 Å². The summed E-state index contributed by atoms with van der Waals surface area (Å²) in [5.41, 5.74) is 3.07. The molecule has 2 aliphatic heterocycles. The highest BCUT2D eigenvalue weighted by molar-refractivity contribution is 6.31. The first-order valence-electron chi connectivity index (χ1n) is 10.2. The maximum absolute atomic E-state index is 12.7. The summed E-state index contributed by atoms with van der Waals surface area (Å²) in [4.78, 5) is 28.5. The third kappa shape index (κ3) is 4.09. The first-order chi connectivity index (χ1) is 13.9. The lowest BCUT2D eigenvalue weighted by Crippen LogP contribution is -2.45. The number of nitrogens with zero attached hydrogens (tertiary/aromatic N) is 4. The number of aryl methyl sites for hydroxylation is 1. The van der Waals surface area contributed by atoms with Gasteiger partial charge in [-0.15, -0.1) is 0 Å². The van der Waals surface area contributed by atoms with E-state index in [2.05, 4.69) is 23.0 Å². The van der Waals surface area contributed by atoms with Crippen molar-refractivity contribution in [3.8, 4) is 0 Å². The van der Waals surface area contributed by atoms with Gasteiger partial charge in [-0.05, 0) is 61.4 Å². The molecular formula is C22H27ClN4O2. The van der Waals surface area contributed by atoms with Crippen molar-refractivity contribution < 1.29 is 9.59 Å². The lowest BCUT2D eigenvalue weighted by molar-refractivity contribution is 0.101. The Morgan fingerprint density at radius 2 is 1.86 bits per heavy atom. The third-order valence-electron chi connectivity index (χ3n) is 6.49. The van der Waals surface area contributed by atoms with Gasteiger partial charge in [-0.2, -0.15) is 9.78 Å². The molecule has 1 aromatic heterocycles. The van der Waals surface area contributed by atoms with Crippen molar-refractivity contribution in [3.05, 3.63) is 52.3 Å². The molecule has 0 atom stereocenters. The quantitative estimate of drug-likeness (QED) is 0.712. The second kappa shape index (κ2) is 7.92. The number of carbonyl (C=O) groups excluding carboxylic acids is 2. The van der Waals surface area contributed by atoms with Crippen molar-refractivity contribution in [1.29, 1.82) is 0 Å². The summed E-state index contributed by atoms with van der Waals surface area (Å²) in [5, 5.41) is 4.95. The Labute approximate surface area is 176 Å². The number of piperidine rings is 1. The number of rotatable bonds is 3. The molecule has 0 radical (unpaired) electrons. The maximum Gasteiger partial charge on any atom is 0.344 e. The van der Waals surface area contributed by atoms with E-state index in [1.54, 1.807) is 12.3 Å². The zero-order valence-electron chi connectivity index (χ0n) is 17.0. The number of Topliss-reactive ketones (excluding diaryl/α,β-unsaturated/α-hetero) is 1. The Balaban J connectivity index is 1.35. The first-order valence-corrected chi connectivity index (χ1v) is 10.6. The van der Waals surface area contributed by atoms with Gasteiger partial charge in [0.25, 0.3) is 0 Å². The maximum atomic E-state index is 12.7. The van der Waals surface area contributed by atoms with Crippen LogP contribution in [0.25, 0.3) is 0 Å². The molecule has 1 aromatic carbocycles. The van der Waals surface area contributed by atoms with Gasteiger partial charge in [0.1, 0.15) is 5.69 Å². The SMILES string of the molecule is CC(=O)c1ccn(C(=O)N2CCC3(CCN(Cc4c(C)cccc4Cl)C3)CC2)n1. The number of aromatic nitrogens is 2. The van der Waals surface area contributed by atoms with E-state index in [1.165, 1.54) is 22.7 Å². The number of benzene rings is 1. The van der Waals surface area contributed by atoms with Crippen LogP contribution in [0.1, 0.15) is 47.8 Å². The van der Waals surface area contributed by atoms with Gasteiger partial charge in [-0.1, -0.05) is 23.7 Å². The number of likely N-dealkylation sites (tertiary alicyclic amines) is 2. The fourth-order valence-corrected chi connectivity index (χ4v) is 4.88. The lowest BCUT2D eigenvalue weighted by atomic mass is 9.78. The van der Waals surface area contributed by atoms with Crippen LogP contribution in [0.15, 0.2) is 30.5 Å².